The van der Waals surface area contributed by atoms with Crippen molar-refractivity contribution in [2.45, 2.75) is 18.6 Å². The number of nitrogens with zero attached hydrogens (tertiary/aromatic N) is 1. The fourth-order valence-corrected chi connectivity index (χ4v) is 1.30. The maximum atomic E-state index is 9.40. The Kier molecular flexibility index (Phi) is 4.29. The summed E-state index contributed by atoms with van der Waals surface area (Å²) in [6.07, 6.45) is -0.223. The lowest BCUT2D eigenvalue weighted by Crippen LogP contribution is -2.29. The van der Waals surface area contributed by atoms with Crippen LogP contribution in [0.15, 0.2) is 35.3 Å². The molecule has 3 nitrogen and oxygen atoms in total. The largest absolute Gasteiger partial charge is 0.394 e. The van der Waals surface area contributed by atoms with Crippen LogP contribution in [0, 0.1) is 0 Å². The van der Waals surface area contributed by atoms with Crippen LogP contribution < -0.4 is 0 Å². The summed E-state index contributed by atoms with van der Waals surface area (Å²) in [5, 5.41) is 18.2. The van der Waals surface area contributed by atoms with Crippen LogP contribution in [0.2, 0.25) is 0 Å². The third-order valence-electron chi connectivity index (χ3n) is 2.15. The van der Waals surface area contributed by atoms with E-state index in [1.54, 1.807) is 0 Å². The number of aliphatic imine (C=N–C) groups is 1. The third-order valence-corrected chi connectivity index (χ3v) is 2.15. The van der Waals surface area contributed by atoms with Gasteiger partial charge in [-0.05, 0) is 18.7 Å². The summed E-state index contributed by atoms with van der Waals surface area (Å²) in [7, 11) is 0. The van der Waals surface area contributed by atoms with Crippen LogP contribution in [0.3, 0.4) is 0 Å². The van der Waals surface area contributed by atoms with Gasteiger partial charge < -0.3 is 10.2 Å². The summed E-state index contributed by atoms with van der Waals surface area (Å²) in [4.78, 5) is 3.79. The Hall–Kier alpha value is -1.19. The molecule has 1 aromatic carbocycles. The SMILES string of the molecule is C=N[C@@H](Cc1ccccc1)[C@H](O)CO. The highest BCUT2D eigenvalue weighted by atomic mass is 16.3. The molecule has 0 bridgehead atoms. The molecule has 0 aliphatic rings. The number of aliphatic hydroxyl groups is 2. The lowest BCUT2D eigenvalue weighted by Gasteiger charge is -2.16. The zero-order valence-corrected chi connectivity index (χ0v) is 8.00. The molecule has 0 unspecified atom stereocenters. The second-order valence-electron chi connectivity index (χ2n) is 3.19. The Morgan fingerprint density at radius 3 is 2.43 bits per heavy atom. The van der Waals surface area contributed by atoms with E-state index in [1.807, 2.05) is 30.3 Å². The minimum absolute atomic E-state index is 0.281. The van der Waals surface area contributed by atoms with Crippen molar-refractivity contribution in [3.05, 3.63) is 35.9 Å². The molecule has 0 aliphatic heterocycles. The van der Waals surface area contributed by atoms with Crippen molar-refractivity contribution in [3.63, 3.8) is 0 Å². The van der Waals surface area contributed by atoms with Crippen LogP contribution in [0.1, 0.15) is 5.56 Å². The zero-order valence-electron chi connectivity index (χ0n) is 8.00. The van der Waals surface area contributed by atoms with Gasteiger partial charge in [-0.2, -0.15) is 0 Å². The summed E-state index contributed by atoms with van der Waals surface area (Å²) in [5.74, 6) is 0. The first kappa shape index (κ1) is 10.9. The highest BCUT2D eigenvalue weighted by Gasteiger charge is 2.16. The molecule has 14 heavy (non-hydrogen) atoms. The average molecular weight is 193 g/mol. The second-order valence-corrected chi connectivity index (χ2v) is 3.19. The molecule has 1 aromatic rings. The van der Waals surface area contributed by atoms with Crippen LogP contribution in [0.4, 0.5) is 0 Å². The Labute approximate surface area is 83.7 Å². The number of hydrogen-bond acceptors (Lipinski definition) is 3. The predicted octanol–water partition coefficient (Wildman–Crippen LogP) is 0.651. The maximum absolute atomic E-state index is 9.40. The van der Waals surface area contributed by atoms with Gasteiger partial charge in [-0.1, -0.05) is 30.3 Å². The Balaban J connectivity index is 2.61. The number of hydrogen-bond donors (Lipinski definition) is 2. The van der Waals surface area contributed by atoms with Gasteiger partial charge in [0.1, 0.15) is 0 Å². The first-order valence-electron chi connectivity index (χ1n) is 4.56. The lowest BCUT2D eigenvalue weighted by atomic mass is 10.0. The van der Waals surface area contributed by atoms with Crippen molar-refractivity contribution in [2.24, 2.45) is 4.99 Å². The molecule has 0 aliphatic carbocycles. The van der Waals surface area contributed by atoms with Crippen molar-refractivity contribution in [1.29, 1.82) is 0 Å². The molecule has 0 saturated heterocycles. The normalized spacial score (nSPS) is 14.7. The number of aliphatic hydroxyl groups excluding tert-OH is 2. The van der Waals surface area contributed by atoms with Gasteiger partial charge in [-0.25, -0.2) is 0 Å². The van der Waals surface area contributed by atoms with Crippen molar-refractivity contribution in [3.8, 4) is 0 Å². The molecule has 0 amide bonds. The molecular formula is C11H15NO2. The average Bonchev–Trinajstić information content (AvgIpc) is 2.26. The molecule has 0 heterocycles. The van der Waals surface area contributed by atoms with Crippen LogP contribution >= 0.6 is 0 Å². The van der Waals surface area contributed by atoms with Gasteiger partial charge >= 0.3 is 0 Å². The molecule has 0 spiro atoms. The first-order valence-corrected chi connectivity index (χ1v) is 4.56. The van der Waals surface area contributed by atoms with E-state index in [4.69, 9.17) is 5.11 Å². The second kappa shape index (κ2) is 5.52. The van der Waals surface area contributed by atoms with Crippen molar-refractivity contribution >= 4 is 6.72 Å². The number of benzene rings is 1. The van der Waals surface area contributed by atoms with Gasteiger partial charge in [0.25, 0.3) is 0 Å². The van der Waals surface area contributed by atoms with Crippen molar-refractivity contribution in [2.75, 3.05) is 6.61 Å². The lowest BCUT2D eigenvalue weighted by molar-refractivity contribution is 0.0751. The van der Waals surface area contributed by atoms with E-state index >= 15 is 0 Å². The highest BCUT2D eigenvalue weighted by Crippen LogP contribution is 2.08. The van der Waals surface area contributed by atoms with Crippen molar-refractivity contribution < 1.29 is 10.2 Å². The Morgan fingerprint density at radius 1 is 1.29 bits per heavy atom. The monoisotopic (exact) mass is 193 g/mol. The highest BCUT2D eigenvalue weighted by molar-refractivity contribution is 5.26. The Bertz CT molecular complexity index is 274. The van der Waals surface area contributed by atoms with Gasteiger partial charge in [0.05, 0.1) is 18.8 Å². The molecule has 0 fully saturated rings. The van der Waals surface area contributed by atoms with Gasteiger partial charge in [0, 0.05) is 0 Å². The predicted molar refractivity (Wildman–Crippen MR) is 56.6 cm³/mol. The smallest absolute Gasteiger partial charge is 0.0996 e. The van der Waals surface area contributed by atoms with E-state index in [0.717, 1.165) is 5.56 Å². The summed E-state index contributed by atoms with van der Waals surface area (Å²) in [6.45, 7) is 3.12. The van der Waals surface area contributed by atoms with E-state index in [0.29, 0.717) is 6.42 Å². The van der Waals surface area contributed by atoms with Crippen molar-refractivity contribution in [1.82, 2.24) is 0 Å². The van der Waals surface area contributed by atoms with Gasteiger partial charge in [0.2, 0.25) is 0 Å². The molecule has 1 rings (SSSR count). The summed E-state index contributed by atoms with van der Waals surface area (Å²) in [6, 6.07) is 9.39. The standard InChI is InChI=1S/C11H15NO2/c1-12-10(11(14)8-13)7-9-5-3-2-4-6-9/h2-6,10-11,13-14H,1,7-8H2/t10-,11+/m0/s1. The maximum Gasteiger partial charge on any atom is 0.0996 e. The molecule has 3 heteroatoms. The molecule has 0 radical (unpaired) electrons. The van der Waals surface area contributed by atoms with Crippen LogP contribution in [-0.4, -0.2) is 35.7 Å². The van der Waals surface area contributed by atoms with Gasteiger partial charge in [-0.3, -0.25) is 4.99 Å². The fraction of sp³-hybridized carbons (Fsp3) is 0.364. The molecule has 2 N–H and O–H groups in total. The molecule has 0 saturated carbocycles. The summed E-state index contributed by atoms with van der Waals surface area (Å²) >= 11 is 0. The minimum atomic E-state index is -0.826. The Morgan fingerprint density at radius 2 is 1.93 bits per heavy atom. The molecule has 0 aromatic heterocycles. The topological polar surface area (TPSA) is 52.8 Å². The van der Waals surface area contributed by atoms with Crippen LogP contribution in [0.25, 0.3) is 0 Å². The zero-order chi connectivity index (χ0) is 10.4. The molecular weight excluding hydrogens is 178 g/mol. The third kappa shape index (κ3) is 2.94. The molecule has 2 atom stereocenters. The van der Waals surface area contributed by atoms with Crippen LogP contribution in [0.5, 0.6) is 0 Å². The van der Waals surface area contributed by atoms with E-state index in [-0.39, 0.29) is 12.6 Å². The summed E-state index contributed by atoms with van der Waals surface area (Å²) < 4.78 is 0. The minimum Gasteiger partial charge on any atom is -0.394 e. The number of rotatable bonds is 5. The van der Waals surface area contributed by atoms with Crippen LogP contribution in [-0.2, 0) is 6.42 Å². The van der Waals surface area contributed by atoms with E-state index < -0.39 is 6.10 Å². The van der Waals surface area contributed by atoms with Gasteiger partial charge in [-0.15, -0.1) is 0 Å². The summed E-state index contributed by atoms with van der Waals surface area (Å²) in [5.41, 5.74) is 1.08. The fourth-order valence-electron chi connectivity index (χ4n) is 1.30. The van der Waals surface area contributed by atoms with E-state index in [1.165, 1.54) is 0 Å². The van der Waals surface area contributed by atoms with Gasteiger partial charge in [0.15, 0.2) is 0 Å². The van der Waals surface area contributed by atoms with E-state index in [2.05, 4.69) is 11.7 Å². The van der Waals surface area contributed by atoms with E-state index in [9.17, 15) is 5.11 Å². The first-order chi connectivity index (χ1) is 6.77. The quantitative estimate of drug-likeness (QED) is 0.675. The molecule has 76 valence electrons.